The Morgan fingerprint density at radius 2 is 1.57 bits per heavy atom. The van der Waals surface area contributed by atoms with Crippen molar-refractivity contribution in [1.82, 2.24) is 0 Å². The third-order valence-corrected chi connectivity index (χ3v) is 6.15. The van der Waals surface area contributed by atoms with Gasteiger partial charge in [-0.1, -0.05) is 6.07 Å². The molecule has 0 N–H and O–H groups in total. The van der Waals surface area contributed by atoms with E-state index in [1.807, 2.05) is 35.2 Å². The molecule has 4 bridgehead atoms. The Labute approximate surface area is 144 Å². The molecule has 4 fully saturated rings. The smallest absolute Gasteiger partial charge is 0.372 e. The summed E-state index contributed by atoms with van der Waals surface area (Å²) in [5.74, 6) is 2.81. The number of rotatable bonds is 5. The van der Waals surface area contributed by atoms with Crippen molar-refractivity contribution in [2.45, 2.75) is 51.5 Å². The molecule has 23 heavy (non-hydrogen) atoms. The molecule has 0 aliphatic heterocycles. The fraction of sp³-hybridized carbons (Fsp3) is 0.684. The summed E-state index contributed by atoms with van der Waals surface area (Å²) in [6, 6.07) is 5.82. The van der Waals surface area contributed by atoms with Crippen LogP contribution in [0.25, 0.3) is 0 Å². The van der Waals surface area contributed by atoms with E-state index in [0.717, 1.165) is 24.2 Å². The lowest BCUT2D eigenvalue weighted by Crippen LogP contribution is -3.00. The zero-order chi connectivity index (χ0) is 15.0. The number of esters is 1. The van der Waals surface area contributed by atoms with Gasteiger partial charge < -0.3 is 17.1 Å². The second-order valence-corrected chi connectivity index (χ2v) is 7.94. The highest BCUT2D eigenvalue weighted by Gasteiger charge is 2.50. The molecular weight excluding hydrogens is 310 g/mol. The van der Waals surface area contributed by atoms with Crippen LogP contribution >= 0.6 is 0 Å². The molecule has 0 saturated heterocycles. The predicted octanol–water partition coefficient (Wildman–Crippen LogP) is 0.128. The van der Waals surface area contributed by atoms with E-state index in [9.17, 15) is 4.79 Å². The molecule has 5 rings (SSSR count). The number of aromatic nitrogens is 1. The normalized spacial score (nSPS) is 34.0. The number of hydrogen-bond acceptors (Lipinski definition) is 2. The minimum atomic E-state index is -0.110. The van der Waals surface area contributed by atoms with Gasteiger partial charge in [0.2, 0.25) is 6.54 Å². The van der Waals surface area contributed by atoms with Crippen LogP contribution in [0, 0.1) is 23.2 Å². The molecule has 4 saturated carbocycles. The summed E-state index contributed by atoms with van der Waals surface area (Å²) in [6.07, 6.45) is 13.5. The molecule has 0 radical (unpaired) electrons. The summed E-state index contributed by atoms with van der Waals surface area (Å²) in [5, 5.41) is 0. The average molecular weight is 336 g/mol. The van der Waals surface area contributed by atoms with Crippen LogP contribution < -0.4 is 17.0 Å². The van der Waals surface area contributed by atoms with Crippen LogP contribution in [0.3, 0.4) is 0 Å². The van der Waals surface area contributed by atoms with Gasteiger partial charge in [0.1, 0.15) is 0 Å². The van der Waals surface area contributed by atoms with Gasteiger partial charge in [-0.2, -0.15) is 4.57 Å². The Kier molecular flexibility index (Phi) is 4.96. The van der Waals surface area contributed by atoms with Gasteiger partial charge in [-0.25, -0.2) is 4.79 Å². The van der Waals surface area contributed by atoms with Crippen molar-refractivity contribution >= 4 is 5.97 Å². The standard InChI is InChI=1S/C19H26NO2.ClH/c21-18(14-20-5-2-1-3-6-20)22-7-4-19-11-15-8-16(12-19)10-17(9-15)13-19;/h1-3,5-6,15-17H,4,7-14H2;1H/q+1;/p-1. The van der Waals surface area contributed by atoms with Crippen LogP contribution in [0.1, 0.15) is 44.9 Å². The predicted molar refractivity (Wildman–Crippen MR) is 82.8 cm³/mol. The van der Waals surface area contributed by atoms with Gasteiger partial charge in [-0.15, -0.1) is 0 Å². The maximum absolute atomic E-state index is 12.0. The number of halogens is 1. The summed E-state index contributed by atoms with van der Waals surface area (Å²) in [6.45, 7) is 0.931. The van der Waals surface area contributed by atoms with E-state index < -0.39 is 0 Å². The highest BCUT2D eigenvalue weighted by molar-refractivity contribution is 5.67. The van der Waals surface area contributed by atoms with Crippen molar-refractivity contribution in [3.63, 3.8) is 0 Å². The molecule has 1 aromatic rings. The number of carbonyl (C=O) groups is 1. The number of ether oxygens (including phenoxy) is 1. The SMILES string of the molecule is O=C(C[n+]1ccccc1)OCCC12CC3CC(CC(C3)C1)C2.[Cl-]. The van der Waals surface area contributed by atoms with E-state index in [1.54, 1.807) is 0 Å². The summed E-state index contributed by atoms with van der Waals surface area (Å²) in [7, 11) is 0. The van der Waals surface area contributed by atoms with Gasteiger partial charge in [0.15, 0.2) is 12.4 Å². The largest absolute Gasteiger partial charge is 1.00 e. The van der Waals surface area contributed by atoms with E-state index in [4.69, 9.17) is 4.74 Å². The van der Waals surface area contributed by atoms with Crippen molar-refractivity contribution in [2.24, 2.45) is 23.2 Å². The van der Waals surface area contributed by atoms with Gasteiger partial charge in [-0.3, -0.25) is 0 Å². The first-order valence-electron chi connectivity index (χ1n) is 8.80. The Balaban J connectivity index is 0.00000156. The van der Waals surface area contributed by atoms with E-state index in [-0.39, 0.29) is 18.4 Å². The molecule has 0 spiro atoms. The molecule has 1 heterocycles. The molecule has 4 aliphatic carbocycles. The number of carbonyl (C=O) groups excluding carboxylic acids is 1. The Hall–Kier alpha value is -1.09. The van der Waals surface area contributed by atoms with Gasteiger partial charge in [0.05, 0.1) is 6.61 Å². The van der Waals surface area contributed by atoms with Crippen molar-refractivity contribution in [3.8, 4) is 0 Å². The molecule has 1 aromatic heterocycles. The first kappa shape index (κ1) is 16.8. The Morgan fingerprint density at radius 1 is 1.00 bits per heavy atom. The molecule has 4 heteroatoms. The Morgan fingerprint density at radius 3 is 2.13 bits per heavy atom. The second kappa shape index (κ2) is 6.80. The maximum Gasteiger partial charge on any atom is 0.372 e. The van der Waals surface area contributed by atoms with Crippen molar-refractivity contribution in [1.29, 1.82) is 0 Å². The van der Waals surface area contributed by atoms with Crippen molar-refractivity contribution in [3.05, 3.63) is 30.6 Å². The van der Waals surface area contributed by atoms with Gasteiger partial charge in [-0.05, 0) is 68.1 Å². The monoisotopic (exact) mass is 335 g/mol. The summed E-state index contributed by atoms with van der Waals surface area (Å²) in [4.78, 5) is 12.0. The average Bonchev–Trinajstić information content (AvgIpc) is 2.46. The third kappa shape index (κ3) is 3.71. The highest BCUT2D eigenvalue weighted by atomic mass is 35.5. The lowest BCUT2D eigenvalue weighted by molar-refractivity contribution is -0.686. The number of nitrogens with zero attached hydrogens (tertiary/aromatic N) is 1. The summed E-state index contributed by atoms with van der Waals surface area (Å²) in [5.41, 5.74) is 0.509. The summed E-state index contributed by atoms with van der Waals surface area (Å²) < 4.78 is 7.39. The lowest BCUT2D eigenvalue weighted by Gasteiger charge is -2.57. The molecule has 0 atom stereocenters. The topological polar surface area (TPSA) is 30.2 Å². The second-order valence-electron chi connectivity index (χ2n) is 7.94. The van der Waals surface area contributed by atoms with Crippen molar-refractivity contribution in [2.75, 3.05) is 6.61 Å². The van der Waals surface area contributed by atoms with E-state index in [1.165, 1.54) is 38.5 Å². The van der Waals surface area contributed by atoms with E-state index in [2.05, 4.69) is 0 Å². The minimum absolute atomic E-state index is 0. The van der Waals surface area contributed by atoms with Crippen molar-refractivity contribution < 1.29 is 26.5 Å². The first-order valence-corrected chi connectivity index (χ1v) is 8.80. The molecule has 4 aliphatic rings. The van der Waals surface area contributed by atoms with E-state index in [0.29, 0.717) is 18.6 Å². The van der Waals surface area contributed by atoms with Crippen LogP contribution in [-0.4, -0.2) is 12.6 Å². The van der Waals surface area contributed by atoms with Crippen LogP contribution in [0.5, 0.6) is 0 Å². The number of hydrogen-bond donors (Lipinski definition) is 0. The fourth-order valence-corrected chi connectivity index (χ4v) is 5.71. The molecule has 0 aromatic carbocycles. The zero-order valence-corrected chi connectivity index (χ0v) is 14.4. The van der Waals surface area contributed by atoms with Gasteiger partial charge in [0, 0.05) is 12.1 Å². The van der Waals surface area contributed by atoms with Gasteiger partial charge >= 0.3 is 5.97 Å². The number of pyridine rings is 1. The minimum Gasteiger partial charge on any atom is -1.00 e. The molecule has 3 nitrogen and oxygen atoms in total. The van der Waals surface area contributed by atoms with Crippen LogP contribution in [-0.2, 0) is 16.1 Å². The van der Waals surface area contributed by atoms with Crippen LogP contribution in [0.15, 0.2) is 30.6 Å². The molecular formula is C19H26ClNO2. The van der Waals surface area contributed by atoms with Crippen LogP contribution in [0.2, 0.25) is 0 Å². The summed E-state index contributed by atoms with van der Waals surface area (Å²) >= 11 is 0. The molecule has 0 amide bonds. The zero-order valence-electron chi connectivity index (χ0n) is 13.6. The quantitative estimate of drug-likeness (QED) is 0.565. The molecule has 0 unspecified atom stereocenters. The fourth-order valence-electron chi connectivity index (χ4n) is 5.71. The first-order chi connectivity index (χ1) is 10.7. The van der Waals surface area contributed by atoms with Crippen LogP contribution in [0.4, 0.5) is 0 Å². The Bertz CT molecular complexity index is 510. The molecule has 126 valence electrons. The lowest BCUT2D eigenvalue weighted by atomic mass is 9.49. The maximum atomic E-state index is 12.0. The highest BCUT2D eigenvalue weighted by Crippen LogP contribution is 2.61. The third-order valence-electron chi connectivity index (χ3n) is 6.15. The van der Waals surface area contributed by atoms with Gasteiger partial charge in [0.25, 0.3) is 0 Å². The van der Waals surface area contributed by atoms with E-state index >= 15 is 0 Å².